The summed E-state index contributed by atoms with van der Waals surface area (Å²) in [5, 5.41) is 9.31. The van der Waals surface area contributed by atoms with Gasteiger partial charge in [0.25, 0.3) is 11.3 Å². The molecule has 0 saturated heterocycles. The Morgan fingerprint density at radius 3 is 2.62 bits per heavy atom. The van der Waals surface area contributed by atoms with Crippen molar-refractivity contribution in [3.63, 3.8) is 0 Å². The Hall–Kier alpha value is -3.68. The quantitative estimate of drug-likeness (QED) is 0.449. The molecule has 2 aromatic heterocycles. The summed E-state index contributed by atoms with van der Waals surface area (Å²) < 4.78 is 14.3. The van der Waals surface area contributed by atoms with Crippen molar-refractivity contribution in [3.8, 4) is 0 Å². The van der Waals surface area contributed by atoms with Gasteiger partial charge in [0.2, 0.25) is 5.95 Å². The molecule has 0 amide bonds. The lowest BCUT2D eigenvalue weighted by Gasteiger charge is -2.10. The van der Waals surface area contributed by atoms with Crippen LogP contribution in [0, 0.1) is 5.82 Å². The maximum Gasteiger partial charge on any atom is 0.274 e. The summed E-state index contributed by atoms with van der Waals surface area (Å²) in [5.74, 6) is 0.427. The van der Waals surface area contributed by atoms with Gasteiger partial charge in [-0.15, -0.1) is 0 Å². The van der Waals surface area contributed by atoms with Gasteiger partial charge >= 0.3 is 0 Å². The van der Waals surface area contributed by atoms with Crippen LogP contribution in [-0.2, 0) is 19.5 Å². The molecule has 7 nitrogen and oxygen atoms in total. The Labute approximate surface area is 166 Å². The van der Waals surface area contributed by atoms with E-state index in [2.05, 4.69) is 38.7 Å². The topological polar surface area (TPSA) is 87.1 Å². The Bertz CT molecular complexity index is 1180. The molecular weight excluding hydrogens is 371 g/mol. The van der Waals surface area contributed by atoms with Crippen molar-refractivity contribution < 1.29 is 4.39 Å². The van der Waals surface area contributed by atoms with Crippen LogP contribution in [0.15, 0.2) is 59.4 Å². The molecule has 0 unspecified atom stereocenters. The third-order valence-corrected chi connectivity index (χ3v) is 4.62. The van der Waals surface area contributed by atoms with E-state index >= 15 is 0 Å². The average Bonchev–Trinajstić information content (AvgIpc) is 3.16. The smallest absolute Gasteiger partial charge is 0.274 e. The highest BCUT2D eigenvalue weighted by atomic mass is 19.1. The minimum absolute atomic E-state index is 0.238. The van der Waals surface area contributed by atoms with Crippen molar-refractivity contribution >= 4 is 17.4 Å². The molecule has 0 spiro atoms. The molecule has 0 aliphatic rings. The lowest BCUT2D eigenvalue weighted by atomic mass is 10.1. The largest absolute Gasteiger partial charge is 0.379 e. The van der Waals surface area contributed by atoms with Crippen molar-refractivity contribution in [1.82, 2.24) is 19.6 Å². The monoisotopic (exact) mass is 392 g/mol. The number of aromatic amines is 1. The zero-order valence-corrected chi connectivity index (χ0v) is 15.9. The van der Waals surface area contributed by atoms with E-state index in [0.29, 0.717) is 30.5 Å². The van der Waals surface area contributed by atoms with Gasteiger partial charge in [0, 0.05) is 18.3 Å². The van der Waals surface area contributed by atoms with Crippen LogP contribution in [0.2, 0.25) is 0 Å². The fourth-order valence-corrected chi connectivity index (χ4v) is 3.07. The Kier molecular flexibility index (Phi) is 5.24. The molecule has 8 heteroatoms. The number of hydrogen-bond donors (Lipinski definition) is 3. The number of nitrogens with zero attached hydrogens (tertiary/aromatic N) is 3. The van der Waals surface area contributed by atoms with Gasteiger partial charge in [0.05, 0.1) is 12.2 Å². The first-order chi connectivity index (χ1) is 14.1. The highest BCUT2D eigenvalue weighted by molar-refractivity contribution is 5.51. The molecule has 0 saturated carbocycles. The molecule has 3 N–H and O–H groups in total. The summed E-state index contributed by atoms with van der Waals surface area (Å²) in [6.07, 6.45) is 0.917. The van der Waals surface area contributed by atoms with Crippen LogP contribution < -0.4 is 16.2 Å². The second-order valence-corrected chi connectivity index (χ2v) is 6.64. The van der Waals surface area contributed by atoms with E-state index < -0.39 is 0 Å². The lowest BCUT2D eigenvalue weighted by Crippen LogP contribution is -2.17. The van der Waals surface area contributed by atoms with Crippen LogP contribution in [-0.4, -0.2) is 19.6 Å². The molecule has 0 aliphatic carbocycles. The van der Waals surface area contributed by atoms with Gasteiger partial charge in [0.1, 0.15) is 5.82 Å². The molecule has 4 aromatic rings. The van der Waals surface area contributed by atoms with E-state index in [-0.39, 0.29) is 11.4 Å². The second kappa shape index (κ2) is 8.14. The van der Waals surface area contributed by atoms with Gasteiger partial charge in [-0.25, -0.2) is 9.37 Å². The molecule has 0 radical (unpaired) electrons. The number of benzene rings is 2. The molecule has 0 atom stereocenters. The van der Waals surface area contributed by atoms with Crippen molar-refractivity contribution in [3.05, 3.63) is 87.6 Å². The van der Waals surface area contributed by atoms with Gasteiger partial charge in [-0.05, 0) is 35.7 Å². The number of anilines is 2. The fourth-order valence-electron chi connectivity index (χ4n) is 3.07. The fraction of sp³-hybridized carbons (Fsp3) is 0.190. The molecule has 2 aromatic carbocycles. The maximum absolute atomic E-state index is 13.0. The second-order valence-electron chi connectivity index (χ2n) is 6.64. The van der Waals surface area contributed by atoms with Crippen LogP contribution in [0.25, 0.3) is 5.78 Å². The summed E-state index contributed by atoms with van der Waals surface area (Å²) in [6, 6.07) is 15.7. The number of halogens is 1. The van der Waals surface area contributed by atoms with Crippen LogP contribution in [0.1, 0.15) is 23.7 Å². The number of fused-ring (bicyclic) bond motifs is 1. The first-order valence-corrected chi connectivity index (χ1v) is 9.41. The number of rotatable bonds is 7. The predicted molar refractivity (Wildman–Crippen MR) is 110 cm³/mol. The normalized spacial score (nSPS) is 11.0. The van der Waals surface area contributed by atoms with E-state index in [1.54, 1.807) is 12.1 Å². The number of aromatic nitrogens is 4. The minimum Gasteiger partial charge on any atom is -0.379 e. The van der Waals surface area contributed by atoms with Crippen molar-refractivity contribution in [1.29, 1.82) is 0 Å². The van der Waals surface area contributed by atoms with Gasteiger partial charge < -0.3 is 10.6 Å². The number of aryl methyl sites for hydroxylation is 1. The predicted octanol–water partition coefficient (Wildman–Crippen LogP) is 3.34. The highest BCUT2D eigenvalue weighted by Crippen LogP contribution is 2.16. The first kappa shape index (κ1) is 18.7. The van der Waals surface area contributed by atoms with E-state index in [1.807, 2.05) is 18.2 Å². The van der Waals surface area contributed by atoms with Gasteiger partial charge in [-0.3, -0.25) is 9.89 Å². The molecule has 29 heavy (non-hydrogen) atoms. The van der Waals surface area contributed by atoms with E-state index in [0.717, 1.165) is 17.7 Å². The van der Waals surface area contributed by atoms with Crippen LogP contribution in [0.4, 0.5) is 16.0 Å². The molecule has 4 rings (SSSR count). The summed E-state index contributed by atoms with van der Waals surface area (Å²) in [7, 11) is 0. The van der Waals surface area contributed by atoms with E-state index in [9.17, 15) is 9.18 Å². The van der Waals surface area contributed by atoms with Crippen molar-refractivity contribution in [2.45, 2.75) is 26.4 Å². The minimum atomic E-state index is -0.282. The Balaban J connectivity index is 1.49. The van der Waals surface area contributed by atoms with Crippen LogP contribution in [0.3, 0.4) is 0 Å². The number of para-hydroxylation sites is 1. The number of nitrogens with one attached hydrogen (secondary N) is 3. The number of hydrogen-bond acceptors (Lipinski definition) is 5. The average molecular weight is 392 g/mol. The molecule has 148 valence electrons. The van der Waals surface area contributed by atoms with Gasteiger partial charge in [0.15, 0.2) is 0 Å². The molecular formula is C21H21FN6O. The van der Waals surface area contributed by atoms with Crippen molar-refractivity contribution in [2.24, 2.45) is 0 Å². The maximum atomic E-state index is 13.0. The van der Waals surface area contributed by atoms with E-state index in [4.69, 9.17) is 0 Å². The summed E-state index contributed by atoms with van der Waals surface area (Å²) >= 11 is 0. The highest BCUT2D eigenvalue weighted by Gasteiger charge is 2.09. The van der Waals surface area contributed by atoms with Gasteiger partial charge in [-0.1, -0.05) is 37.3 Å². The van der Waals surface area contributed by atoms with E-state index in [1.165, 1.54) is 28.3 Å². The Morgan fingerprint density at radius 1 is 1.03 bits per heavy atom. The van der Waals surface area contributed by atoms with Gasteiger partial charge in [-0.2, -0.15) is 9.50 Å². The first-order valence-electron chi connectivity index (χ1n) is 9.41. The zero-order chi connectivity index (χ0) is 20.2. The lowest BCUT2D eigenvalue weighted by molar-refractivity contribution is 0.627. The standard InChI is InChI=1S/C21H21FN6O/c1-2-15-5-3-4-6-18(15)23-13-17-11-19(29)28-21(25-17)26-20(27-28)24-12-14-7-9-16(22)10-8-14/h3-11,23H,2,12-13H2,1H3,(H2,24,25,26,27). The SMILES string of the molecule is CCc1ccccc1NCc1cc(=O)n2[nH]c(NCc3ccc(F)cc3)nc2n1. The summed E-state index contributed by atoms with van der Waals surface area (Å²) in [6.45, 7) is 2.96. The summed E-state index contributed by atoms with van der Waals surface area (Å²) in [5.41, 5.74) is 3.50. The molecule has 2 heterocycles. The Morgan fingerprint density at radius 2 is 1.83 bits per heavy atom. The van der Waals surface area contributed by atoms with Crippen LogP contribution >= 0.6 is 0 Å². The molecule has 0 fully saturated rings. The summed E-state index contributed by atoms with van der Waals surface area (Å²) in [4.78, 5) is 21.2. The molecule has 0 aliphatic heterocycles. The zero-order valence-electron chi connectivity index (χ0n) is 15.9. The van der Waals surface area contributed by atoms with Crippen molar-refractivity contribution in [2.75, 3.05) is 10.6 Å². The number of H-pyrrole nitrogens is 1. The van der Waals surface area contributed by atoms with Crippen LogP contribution in [0.5, 0.6) is 0 Å². The third-order valence-electron chi connectivity index (χ3n) is 4.62. The third kappa shape index (κ3) is 4.26. The molecule has 0 bridgehead atoms.